The highest BCUT2D eigenvalue weighted by molar-refractivity contribution is 5.74. The number of benzene rings is 1. The monoisotopic (exact) mass is 386 g/mol. The Balaban J connectivity index is 2.05. The second kappa shape index (κ2) is 7.84. The van der Waals surface area contributed by atoms with E-state index in [9.17, 15) is 9.59 Å². The van der Waals surface area contributed by atoms with Crippen molar-refractivity contribution in [1.82, 2.24) is 9.13 Å². The maximum atomic E-state index is 12.8. The second-order valence-corrected chi connectivity index (χ2v) is 6.49. The average molecular weight is 386 g/mol. The van der Waals surface area contributed by atoms with Crippen molar-refractivity contribution in [3.63, 3.8) is 0 Å². The van der Waals surface area contributed by atoms with Gasteiger partial charge in [0, 0.05) is 26.3 Å². The molecule has 0 N–H and O–H groups in total. The van der Waals surface area contributed by atoms with Crippen molar-refractivity contribution in [2.75, 3.05) is 37.7 Å². The van der Waals surface area contributed by atoms with E-state index in [2.05, 4.69) is 0 Å². The van der Waals surface area contributed by atoms with E-state index in [0.29, 0.717) is 42.8 Å². The Morgan fingerprint density at radius 2 is 1.71 bits per heavy atom. The smallest absolute Gasteiger partial charge is 0.332 e. The van der Waals surface area contributed by atoms with Crippen LogP contribution in [-0.4, -0.2) is 37.1 Å². The Kier molecular flexibility index (Phi) is 5.48. The summed E-state index contributed by atoms with van der Waals surface area (Å²) in [6.45, 7) is 5.03. The molecule has 28 heavy (non-hydrogen) atoms. The lowest BCUT2D eigenvalue weighted by atomic mass is 10.2. The van der Waals surface area contributed by atoms with Crippen LogP contribution in [0.4, 0.5) is 11.5 Å². The lowest BCUT2D eigenvalue weighted by Gasteiger charge is -2.18. The summed E-state index contributed by atoms with van der Waals surface area (Å²) in [7, 11) is 5.04. The first-order valence-electron chi connectivity index (χ1n) is 9.22. The van der Waals surface area contributed by atoms with Crippen molar-refractivity contribution in [2.24, 2.45) is 0 Å². The number of fused-ring (bicyclic) bond motifs is 1. The maximum Gasteiger partial charge on any atom is 0.332 e. The normalized spacial score (nSPS) is 13.3. The fourth-order valence-electron chi connectivity index (χ4n) is 3.48. The van der Waals surface area contributed by atoms with Crippen LogP contribution in [0.3, 0.4) is 0 Å². The number of ether oxygens (including phenoxy) is 2. The predicted octanol–water partition coefficient (Wildman–Crippen LogP) is 1.95. The lowest BCUT2D eigenvalue weighted by Crippen LogP contribution is -2.41. The van der Waals surface area contributed by atoms with E-state index in [1.54, 1.807) is 25.7 Å². The predicted molar refractivity (Wildman–Crippen MR) is 111 cm³/mol. The zero-order valence-electron chi connectivity index (χ0n) is 16.9. The lowest BCUT2D eigenvalue weighted by molar-refractivity contribution is 0.355. The molecule has 0 fully saturated rings. The van der Waals surface area contributed by atoms with Crippen LogP contribution >= 0.6 is 0 Å². The highest BCUT2D eigenvalue weighted by Gasteiger charge is 2.30. The zero-order valence-corrected chi connectivity index (χ0v) is 16.9. The number of methoxy groups -OCH3 is 2. The van der Waals surface area contributed by atoms with Crippen LogP contribution < -0.4 is 30.5 Å². The van der Waals surface area contributed by atoms with Gasteiger partial charge in [-0.2, -0.15) is 0 Å². The molecule has 8 nitrogen and oxygen atoms in total. The highest BCUT2D eigenvalue weighted by atomic mass is 16.5. The number of nitrogens with zero attached hydrogens (tertiary/aromatic N) is 4. The van der Waals surface area contributed by atoms with Gasteiger partial charge in [-0.1, -0.05) is 6.07 Å². The molecule has 0 amide bonds. The minimum atomic E-state index is -0.284. The number of hydrogen-bond acceptors (Lipinski definition) is 6. The largest absolute Gasteiger partial charge is 0.493 e. The SMILES string of the molecule is CCn1c2c(c(=O)n(CC)c1=O)N(C)CN2C=Cc1ccc(OC)c(OC)c1. The van der Waals surface area contributed by atoms with E-state index < -0.39 is 0 Å². The molecule has 0 aliphatic carbocycles. The van der Waals surface area contributed by atoms with E-state index in [1.165, 1.54) is 4.57 Å². The summed E-state index contributed by atoms with van der Waals surface area (Å²) >= 11 is 0. The van der Waals surface area contributed by atoms with Gasteiger partial charge < -0.3 is 19.3 Å². The molecule has 2 aromatic rings. The highest BCUT2D eigenvalue weighted by Crippen LogP contribution is 2.32. The molecule has 0 atom stereocenters. The fourth-order valence-corrected chi connectivity index (χ4v) is 3.48. The first-order valence-corrected chi connectivity index (χ1v) is 9.22. The van der Waals surface area contributed by atoms with Crippen molar-refractivity contribution in [2.45, 2.75) is 26.9 Å². The van der Waals surface area contributed by atoms with Crippen molar-refractivity contribution >= 4 is 17.6 Å². The number of aromatic nitrogens is 2. The molecule has 150 valence electrons. The quantitative estimate of drug-likeness (QED) is 0.756. The number of rotatable bonds is 6. The van der Waals surface area contributed by atoms with Crippen LogP contribution in [0.1, 0.15) is 19.4 Å². The summed E-state index contributed by atoms with van der Waals surface area (Å²) in [4.78, 5) is 29.3. The summed E-state index contributed by atoms with van der Waals surface area (Å²) in [6.07, 6.45) is 3.80. The molecule has 0 radical (unpaired) electrons. The van der Waals surface area contributed by atoms with Gasteiger partial charge in [0.25, 0.3) is 5.56 Å². The molecule has 1 aromatic heterocycles. The van der Waals surface area contributed by atoms with Gasteiger partial charge in [-0.05, 0) is 37.6 Å². The molecule has 3 rings (SSSR count). The zero-order chi connectivity index (χ0) is 20.4. The minimum Gasteiger partial charge on any atom is -0.493 e. The summed E-state index contributed by atoms with van der Waals surface area (Å²) in [5.41, 5.74) is 0.923. The number of hydrogen-bond donors (Lipinski definition) is 0. The van der Waals surface area contributed by atoms with E-state index in [4.69, 9.17) is 9.47 Å². The van der Waals surface area contributed by atoms with Gasteiger partial charge >= 0.3 is 5.69 Å². The van der Waals surface area contributed by atoms with Crippen LogP contribution in [-0.2, 0) is 13.1 Å². The molecule has 1 aliphatic heterocycles. The summed E-state index contributed by atoms with van der Waals surface area (Å²) in [5, 5.41) is 0. The summed E-state index contributed by atoms with van der Waals surface area (Å²) < 4.78 is 13.5. The Hall–Kier alpha value is -3.16. The molecule has 1 aromatic carbocycles. The third-order valence-electron chi connectivity index (χ3n) is 4.88. The van der Waals surface area contributed by atoms with Crippen molar-refractivity contribution < 1.29 is 9.47 Å². The van der Waals surface area contributed by atoms with Crippen LogP contribution in [0.15, 0.2) is 34.0 Å². The third kappa shape index (κ3) is 3.15. The Morgan fingerprint density at radius 1 is 1.04 bits per heavy atom. The van der Waals surface area contributed by atoms with E-state index in [-0.39, 0.29) is 11.2 Å². The van der Waals surface area contributed by atoms with Crippen LogP contribution in [0.2, 0.25) is 0 Å². The van der Waals surface area contributed by atoms with Crippen molar-refractivity contribution in [1.29, 1.82) is 0 Å². The minimum absolute atomic E-state index is 0.253. The first-order chi connectivity index (χ1) is 13.5. The molecular formula is C20H26N4O4. The Labute approximate surface area is 163 Å². The van der Waals surface area contributed by atoms with Gasteiger partial charge in [-0.25, -0.2) is 4.79 Å². The first kappa shape index (κ1) is 19.6. The summed E-state index contributed by atoms with van der Waals surface area (Å²) in [5.74, 6) is 1.92. The van der Waals surface area contributed by atoms with Gasteiger partial charge in [-0.15, -0.1) is 0 Å². The maximum absolute atomic E-state index is 12.8. The fraction of sp³-hybridized carbons (Fsp3) is 0.400. The topological polar surface area (TPSA) is 68.9 Å². The van der Waals surface area contributed by atoms with Gasteiger partial charge in [0.15, 0.2) is 11.5 Å². The summed E-state index contributed by atoms with van der Waals surface area (Å²) in [6, 6.07) is 5.63. The standard InChI is InChI=1S/C20H26N4O4/c1-6-23-18-17(19(25)24(7-2)20(23)26)21(3)13-22(18)11-10-14-8-9-15(27-4)16(12-14)28-5/h8-12H,6-7,13H2,1-5H3. The molecule has 0 spiro atoms. The molecule has 1 aliphatic rings. The Bertz CT molecular complexity index is 1020. The van der Waals surface area contributed by atoms with Gasteiger partial charge in [0.1, 0.15) is 11.5 Å². The molecule has 0 bridgehead atoms. The average Bonchev–Trinajstić information content (AvgIpc) is 3.03. The molecular weight excluding hydrogens is 360 g/mol. The van der Waals surface area contributed by atoms with Crippen LogP contribution in [0.5, 0.6) is 11.5 Å². The molecule has 0 unspecified atom stereocenters. The molecule has 0 saturated heterocycles. The van der Waals surface area contributed by atoms with Gasteiger partial charge in [-0.3, -0.25) is 13.9 Å². The molecule has 2 heterocycles. The Morgan fingerprint density at radius 3 is 2.32 bits per heavy atom. The van der Waals surface area contributed by atoms with Crippen LogP contribution in [0, 0.1) is 0 Å². The van der Waals surface area contributed by atoms with Gasteiger partial charge in [0.2, 0.25) is 0 Å². The molecule has 8 heteroatoms. The van der Waals surface area contributed by atoms with E-state index >= 15 is 0 Å². The van der Waals surface area contributed by atoms with E-state index in [0.717, 1.165) is 5.56 Å². The van der Waals surface area contributed by atoms with Crippen molar-refractivity contribution in [3.05, 3.63) is 50.8 Å². The molecule has 0 saturated carbocycles. The van der Waals surface area contributed by atoms with E-state index in [1.807, 2.05) is 54.2 Å². The van der Waals surface area contributed by atoms with Crippen molar-refractivity contribution in [3.8, 4) is 11.5 Å². The second-order valence-electron chi connectivity index (χ2n) is 6.49. The number of anilines is 2. The van der Waals surface area contributed by atoms with Gasteiger partial charge in [0.05, 0.1) is 20.9 Å². The third-order valence-corrected chi connectivity index (χ3v) is 4.88. The van der Waals surface area contributed by atoms with Crippen LogP contribution in [0.25, 0.3) is 6.08 Å².